The zero-order valence-electron chi connectivity index (χ0n) is 17.0. The first-order valence-electron chi connectivity index (χ1n) is 10.2. The number of hydrogen-bond donors (Lipinski definition) is 3. The zero-order valence-corrected chi connectivity index (χ0v) is 17.0. The highest BCUT2D eigenvalue weighted by atomic mass is 16.5. The second-order valence-corrected chi connectivity index (χ2v) is 7.63. The third kappa shape index (κ3) is 5.22. The van der Waals surface area contributed by atoms with E-state index in [1.165, 1.54) is 24.5 Å². The SMILES string of the molecule is COc1nccnc1NC(=O)C1CCNN1C(=O)C(CC1CCCC1)CN(O)C=O. The van der Waals surface area contributed by atoms with Crippen molar-refractivity contribution in [3.05, 3.63) is 12.4 Å². The Bertz CT molecular complexity index is 757. The molecule has 3 N–H and O–H groups in total. The highest BCUT2D eigenvalue weighted by Crippen LogP contribution is 2.31. The van der Waals surface area contributed by atoms with Crippen molar-refractivity contribution in [2.24, 2.45) is 11.8 Å². The molecule has 0 aromatic carbocycles. The summed E-state index contributed by atoms with van der Waals surface area (Å²) >= 11 is 0. The Labute approximate surface area is 174 Å². The van der Waals surface area contributed by atoms with Gasteiger partial charge in [0.15, 0.2) is 5.82 Å². The van der Waals surface area contributed by atoms with Crippen molar-refractivity contribution in [3.8, 4) is 5.88 Å². The number of hydroxylamine groups is 2. The summed E-state index contributed by atoms with van der Waals surface area (Å²) in [7, 11) is 1.42. The lowest BCUT2D eigenvalue weighted by atomic mass is 9.92. The minimum atomic E-state index is -0.751. The van der Waals surface area contributed by atoms with E-state index < -0.39 is 17.9 Å². The molecule has 164 valence electrons. The summed E-state index contributed by atoms with van der Waals surface area (Å²) in [5, 5.41) is 14.2. The Hall–Kier alpha value is -2.79. The van der Waals surface area contributed by atoms with E-state index in [1.54, 1.807) is 0 Å². The van der Waals surface area contributed by atoms with Crippen LogP contribution in [0.3, 0.4) is 0 Å². The molecule has 2 fully saturated rings. The molecule has 1 aliphatic carbocycles. The Kier molecular flexibility index (Phi) is 7.52. The van der Waals surface area contributed by atoms with Crippen LogP contribution in [-0.2, 0) is 14.4 Å². The summed E-state index contributed by atoms with van der Waals surface area (Å²) < 4.78 is 5.10. The molecule has 2 heterocycles. The lowest BCUT2D eigenvalue weighted by Gasteiger charge is -2.29. The van der Waals surface area contributed by atoms with Gasteiger partial charge in [-0.25, -0.2) is 20.5 Å². The summed E-state index contributed by atoms with van der Waals surface area (Å²) in [6.07, 6.45) is 8.45. The van der Waals surface area contributed by atoms with Gasteiger partial charge in [-0.1, -0.05) is 25.7 Å². The number of nitrogens with one attached hydrogen (secondary N) is 2. The fourth-order valence-electron chi connectivity index (χ4n) is 4.17. The molecule has 11 heteroatoms. The van der Waals surface area contributed by atoms with Gasteiger partial charge in [0.1, 0.15) is 6.04 Å². The number of ether oxygens (including phenoxy) is 1. The van der Waals surface area contributed by atoms with Crippen LogP contribution in [0.1, 0.15) is 38.5 Å². The lowest BCUT2D eigenvalue weighted by molar-refractivity contribution is -0.159. The monoisotopic (exact) mass is 420 g/mol. The first-order valence-corrected chi connectivity index (χ1v) is 10.2. The van der Waals surface area contributed by atoms with Crippen LogP contribution in [0, 0.1) is 11.8 Å². The second kappa shape index (κ2) is 10.3. The molecule has 0 radical (unpaired) electrons. The first kappa shape index (κ1) is 21.9. The van der Waals surface area contributed by atoms with E-state index in [0.29, 0.717) is 30.4 Å². The van der Waals surface area contributed by atoms with Crippen LogP contribution in [0.15, 0.2) is 12.4 Å². The van der Waals surface area contributed by atoms with Crippen molar-refractivity contribution in [2.45, 2.75) is 44.6 Å². The molecule has 2 aliphatic rings. The van der Waals surface area contributed by atoms with E-state index in [2.05, 4.69) is 20.7 Å². The number of rotatable bonds is 9. The molecule has 1 aromatic rings. The summed E-state index contributed by atoms with van der Waals surface area (Å²) in [6, 6.07) is -0.751. The number of hydrogen-bond acceptors (Lipinski definition) is 8. The maximum absolute atomic E-state index is 13.3. The van der Waals surface area contributed by atoms with Crippen molar-refractivity contribution in [1.29, 1.82) is 0 Å². The maximum atomic E-state index is 13.3. The largest absolute Gasteiger partial charge is 0.478 e. The third-order valence-corrected chi connectivity index (χ3v) is 5.62. The molecule has 11 nitrogen and oxygen atoms in total. The Balaban J connectivity index is 1.71. The molecule has 1 aliphatic heterocycles. The Morgan fingerprint density at radius 2 is 2.10 bits per heavy atom. The molecule has 2 unspecified atom stereocenters. The number of carbonyl (C=O) groups is 3. The molecular weight excluding hydrogens is 392 g/mol. The standard InChI is InChI=1S/C19H28N6O5/c1-30-18-16(20-8-9-21-18)23-17(27)15-6-7-22-25(15)19(28)14(11-24(29)12-26)10-13-4-2-3-5-13/h8-9,12-15,22,29H,2-7,10-11H2,1H3,(H,20,23,27). The van der Waals surface area contributed by atoms with Crippen molar-refractivity contribution in [3.63, 3.8) is 0 Å². The van der Waals surface area contributed by atoms with Gasteiger partial charge in [-0.3, -0.25) is 24.6 Å². The first-order chi connectivity index (χ1) is 14.5. The molecule has 1 saturated carbocycles. The minimum absolute atomic E-state index is 0.108. The van der Waals surface area contributed by atoms with Crippen molar-refractivity contribution < 1.29 is 24.3 Å². The quantitative estimate of drug-likeness (QED) is 0.300. The van der Waals surface area contributed by atoms with Gasteiger partial charge in [0, 0.05) is 18.9 Å². The minimum Gasteiger partial charge on any atom is -0.478 e. The summed E-state index contributed by atoms with van der Waals surface area (Å²) in [4.78, 5) is 45.1. The van der Waals surface area contributed by atoms with Gasteiger partial charge in [0.2, 0.25) is 18.2 Å². The molecule has 30 heavy (non-hydrogen) atoms. The number of methoxy groups -OCH3 is 1. The number of nitrogens with zero attached hydrogens (tertiary/aromatic N) is 4. The number of aromatic nitrogens is 2. The molecule has 1 aromatic heterocycles. The van der Waals surface area contributed by atoms with Crippen LogP contribution < -0.4 is 15.5 Å². The molecule has 0 spiro atoms. The Morgan fingerprint density at radius 1 is 1.37 bits per heavy atom. The number of carbonyl (C=O) groups excluding carboxylic acids is 3. The van der Waals surface area contributed by atoms with E-state index in [4.69, 9.17) is 4.74 Å². The summed E-state index contributed by atoms with van der Waals surface area (Å²) in [6.45, 7) is 0.345. The predicted molar refractivity (Wildman–Crippen MR) is 105 cm³/mol. The van der Waals surface area contributed by atoms with E-state index in [9.17, 15) is 19.6 Å². The average Bonchev–Trinajstić information content (AvgIpc) is 3.45. The number of anilines is 1. The van der Waals surface area contributed by atoms with Gasteiger partial charge >= 0.3 is 0 Å². The van der Waals surface area contributed by atoms with Gasteiger partial charge in [-0.2, -0.15) is 0 Å². The topological polar surface area (TPSA) is 137 Å². The lowest BCUT2D eigenvalue weighted by Crippen LogP contribution is -2.51. The highest BCUT2D eigenvalue weighted by Gasteiger charge is 2.39. The third-order valence-electron chi connectivity index (χ3n) is 5.62. The van der Waals surface area contributed by atoms with Crippen LogP contribution in [-0.4, -0.2) is 69.7 Å². The van der Waals surface area contributed by atoms with Crippen LogP contribution in [0.25, 0.3) is 0 Å². The maximum Gasteiger partial charge on any atom is 0.257 e. The van der Waals surface area contributed by atoms with E-state index in [-0.39, 0.29) is 30.6 Å². The van der Waals surface area contributed by atoms with Crippen LogP contribution >= 0.6 is 0 Å². The molecule has 2 atom stereocenters. The van der Waals surface area contributed by atoms with Gasteiger partial charge in [0.25, 0.3) is 5.88 Å². The summed E-state index contributed by atoms with van der Waals surface area (Å²) in [5.74, 6) is -0.604. The fourth-order valence-corrected chi connectivity index (χ4v) is 4.17. The summed E-state index contributed by atoms with van der Waals surface area (Å²) in [5.41, 5.74) is 2.97. The van der Waals surface area contributed by atoms with Crippen LogP contribution in [0.5, 0.6) is 5.88 Å². The van der Waals surface area contributed by atoms with Crippen LogP contribution in [0.4, 0.5) is 5.82 Å². The van der Waals surface area contributed by atoms with Gasteiger partial charge in [-0.15, -0.1) is 0 Å². The predicted octanol–water partition coefficient (Wildman–Crippen LogP) is 0.573. The number of hydrazine groups is 1. The van der Waals surface area contributed by atoms with Crippen molar-refractivity contribution in [2.75, 3.05) is 25.5 Å². The smallest absolute Gasteiger partial charge is 0.257 e. The molecule has 3 amide bonds. The van der Waals surface area contributed by atoms with Crippen molar-refractivity contribution in [1.82, 2.24) is 25.5 Å². The molecule has 0 bridgehead atoms. The fraction of sp³-hybridized carbons (Fsp3) is 0.632. The van der Waals surface area contributed by atoms with E-state index in [0.717, 1.165) is 25.7 Å². The van der Waals surface area contributed by atoms with Gasteiger partial charge in [0.05, 0.1) is 19.6 Å². The highest BCUT2D eigenvalue weighted by molar-refractivity contribution is 5.97. The van der Waals surface area contributed by atoms with E-state index >= 15 is 0 Å². The van der Waals surface area contributed by atoms with Gasteiger partial charge in [-0.05, 0) is 18.8 Å². The Morgan fingerprint density at radius 3 is 2.80 bits per heavy atom. The molecule has 3 rings (SSSR count). The second-order valence-electron chi connectivity index (χ2n) is 7.63. The van der Waals surface area contributed by atoms with E-state index in [1.807, 2.05) is 0 Å². The number of amides is 3. The average molecular weight is 420 g/mol. The van der Waals surface area contributed by atoms with Gasteiger partial charge < -0.3 is 10.1 Å². The molecular formula is C19H28N6O5. The molecule has 1 saturated heterocycles. The zero-order chi connectivity index (χ0) is 21.5. The van der Waals surface area contributed by atoms with Crippen LogP contribution in [0.2, 0.25) is 0 Å². The normalized spacial score (nSPS) is 20.1. The van der Waals surface area contributed by atoms with Crippen molar-refractivity contribution >= 4 is 24.0 Å².